The summed E-state index contributed by atoms with van der Waals surface area (Å²) in [5, 5.41) is 5.72. The first-order valence-electron chi connectivity index (χ1n) is 9.46. The van der Waals surface area contributed by atoms with Crippen molar-refractivity contribution in [2.75, 3.05) is 18.9 Å². The van der Waals surface area contributed by atoms with Crippen molar-refractivity contribution >= 4 is 27.5 Å². The summed E-state index contributed by atoms with van der Waals surface area (Å²) in [4.78, 5) is 23.9. The predicted molar refractivity (Wildman–Crippen MR) is 103 cm³/mol. The van der Waals surface area contributed by atoms with E-state index in [1.165, 1.54) is 19.5 Å². The SMILES string of the molecule is C[C@H]1CCCC[C@H]1NC(=O)CN(C)S(=O)(=O)c1ccc2c(c1)CCC(=O)N2. The van der Waals surface area contributed by atoms with Gasteiger partial charge in [0.05, 0.1) is 11.4 Å². The van der Waals surface area contributed by atoms with Gasteiger partial charge < -0.3 is 10.6 Å². The van der Waals surface area contributed by atoms with E-state index in [0.717, 1.165) is 29.1 Å². The minimum atomic E-state index is -3.78. The molecule has 7 nitrogen and oxygen atoms in total. The zero-order chi connectivity index (χ0) is 19.6. The summed E-state index contributed by atoms with van der Waals surface area (Å²) >= 11 is 0. The number of amides is 2. The molecule has 27 heavy (non-hydrogen) atoms. The second-order valence-electron chi connectivity index (χ2n) is 7.56. The maximum absolute atomic E-state index is 12.8. The highest BCUT2D eigenvalue weighted by molar-refractivity contribution is 7.89. The number of anilines is 1. The number of hydrogen-bond acceptors (Lipinski definition) is 4. The third kappa shape index (κ3) is 4.50. The predicted octanol–water partition coefficient (Wildman–Crippen LogP) is 1.89. The van der Waals surface area contributed by atoms with E-state index in [4.69, 9.17) is 0 Å². The first kappa shape index (κ1) is 19.8. The van der Waals surface area contributed by atoms with Gasteiger partial charge in [-0.3, -0.25) is 9.59 Å². The van der Waals surface area contributed by atoms with Crippen LogP contribution in [-0.2, 0) is 26.0 Å². The monoisotopic (exact) mass is 393 g/mol. The topological polar surface area (TPSA) is 95.6 Å². The van der Waals surface area contributed by atoms with Crippen LogP contribution in [0, 0.1) is 5.92 Å². The van der Waals surface area contributed by atoms with Crippen molar-refractivity contribution in [3.8, 4) is 0 Å². The van der Waals surface area contributed by atoms with E-state index in [2.05, 4.69) is 17.6 Å². The standard InChI is InChI=1S/C19H27N3O4S/c1-13-5-3-4-6-16(13)20-19(24)12-22(2)27(25,26)15-8-9-17-14(11-15)7-10-18(23)21-17/h8-9,11,13,16H,3-7,10,12H2,1-2H3,(H,20,24)(H,21,23)/t13-,16+/m0/s1. The molecule has 2 N–H and O–H groups in total. The summed E-state index contributed by atoms with van der Waals surface area (Å²) < 4.78 is 26.7. The summed E-state index contributed by atoms with van der Waals surface area (Å²) in [6, 6.07) is 4.78. The lowest BCUT2D eigenvalue weighted by molar-refractivity contribution is -0.122. The average molecular weight is 394 g/mol. The van der Waals surface area contributed by atoms with Crippen molar-refractivity contribution in [2.45, 2.75) is 56.4 Å². The number of sulfonamides is 1. The average Bonchev–Trinajstić information content (AvgIpc) is 2.63. The largest absolute Gasteiger partial charge is 0.352 e. The Morgan fingerprint density at radius 1 is 1.26 bits per heavy atom. The van der Waals surface area contributed by atoms with Crippen LogP contribution in [-0.4, -0.2) is 44.2 Å². The van der Waals surface area contributed by atoms with Gasteiger partial charge in [0.1, 0.15) is 0 Å². The van der Waals surface area contributed by atoms with Crippen LogP contribution in [0.1, 0.15) is 44.6 Å². The summed E-state index contributed by atoms with van der Waals surface area (Å²) in [5.74, 6) is 0.0781. The van der Waals surface area contributed by atoms with Crippen LogP contribution in [0.25, 0.3) is 0 Å². The number of fused-ring (bicyclic) bond motifs is 1. The molecule has 1 aromatic carbocycles. The number of nitrogens with one attached hydrogen (secondary N) is 2. The zero-order valence-corrected chi connectivity index (χ0v) is 16.6. The molecule has 8 heteroatoms. The van der Waals surface area contributed by atoms with Crippen molar-refractivity contribution in [1.82, 2.24) is 9.62 Å². The maximum Gasteiger partial charge on any atom is 0.243 e. The number of nitrogens with zero attached hydrogens (tertiary/aromatic N) is 1. The molecule has 0 saturated heterocycles. The van der Waals surface area contributed by atoms with Crippen LogP contribution in [0.5, 0.6) is 0 Å². The van der Waals surface area contributed by atoms with Crippen molar-refractivity contribution in [3.05, 3.63) is 23.8 Å². The van der Waals surface area contributed by atoms with Crippen LogP contribution in [0.4, 0.5) is 5.69 Å². The summed E-state index contributed by atoms with van der Waals surface area (Å²) in [5.41, 5.74) is 1.45. The lowest BCUT2D eigenvalue weighted by atomic mass is 9.86. The van der Waals surface area contributed by atoms with Gasteiger partial charge in [-0.15, -0.1) is 0 Å². The molecule has 0 radical (unpaired) electrons. The molecule has 0 bridgehead atoms. The molecule has 2 aliphatic rings. The van der Waals surface area contributed by atoms with Crippen LogP contribution in [0.3, 0.4) is 0 Å². The third-order valence-corrected chi connectivity index (χ3v) is 7.30. The lowest BCUT2D eigenvalue weighted by Gasteiger charge is -2.30. The fourth-order valence-electron chi connectivity index (χ4n) is 3.77. The third-order valence-electron chi connectivity index (χ3n) is 5.50. The van der Waals surface area contributed by atoms with E-state index in [9.17, 15) is 18.0 Å². The van der Waals surface area contributed by atoms with Gasteiger partial charge in [0.2, 0.25) is 21.8 Å². The van der Waals surface area contributed by atoms with Crippen molar-refractivity contribution in [1.29, 1.82) is 0 Å². The van der Waals surface area contributed by atoms with Gasteiger partial charge >= 0.3 is 0 Å². The minimum absolute atomic E-state index is 0.0659. The fraction of sp³-hybridized carbons (Fsp3) is 0.579. The zero-order valence-electron chi connectivity index (χ0n) is 15.8. The van der Waals surface area contributed by atoms with Crippen molar-refractivity contribution < 1.29 is 18.0 Å². The first-order valence-corrected chi connectivity index (χ1v) is 10.9. The second-order valence-corrected chi connectivity index (χ2v) is 9.61. The molecular weight excluding hydrogens is 366 g/mol. The Bertz CT molecular complexity index is 837. The molecule has 3 rings (SSSR count). The Hall–Kier alpha value is -1.93. The number of hydrogen-bond donors (Lipinski definition) is 2. The van der Waals surface area contributed by atoms with E-state index < -0.39 is 10.0 Å². The maximum atomic E-state index is 12.8. The second kappa shape index (κ2) is 7.98. The highest BCUT2D eigenvalue weighted by Gasteiger charge is 2.27. The first-order chi connectivity index (χ1) is 12.8. The molecule has 1 aromatic rings. The van der Waals surface area contributed by atoms with Gasteiger partial charge in [-0.25, -0.2) is 8.42 Å². The van der Waals surface area contributed by atoms with Crippen molar-refractivity contribution in [2.24, 2.45) is 5.92 Å². The lowest BCUT2D eigenvalue weighted by Crippen LogP contribution is -2.46. The Morgan fingerprint density at radius 3 is 2.74 bits per heavy atom. The number of carbonyl (C=O) groups is 2. The van der Waals surface area contributed by atoms with Crippen LogP contribution in [0.2, 0.25) is 0 Å². The molecule has 2 atom stereocenters. The van der Waals surface area contributed by atoms with Crippen LogP contribution in [0.15, 0.2) is 23.1 Å². The Kier molecular flexibility index (Phi) is 5.86. The Morgan fingerprint density at radius 2 is 2.00 bits per heavy atom. The molecule has 0 aromatic heterocycles. The van der Waals surface area contributed by atoms with Gasteiger partial charge in [0, 0.05) is 25.2 Å². The molecule has 0 spiro atoms. The smallest absolute Gasteiger partial charge is 0.243 e. The highest BCUT2D eigenvalue weighted by Crippen LogP contribution is 2.27. The number of carbonyl (C=O) groups excluding carboxylic acids is 2. The minimum Gasteiger partial charge on any atom is -0.352 e. The van der Waals surface area contributed by atoms with E-state index in [0.29, 0.717) is 24.4 Å². The van der Waals surface area contributed by atoms with E-state index in [1.807, 2.05) is 0 Å². The van der Waals surface area contributed by atoms with Crippen LogP contribution >= 0.6 is 0 Å². The molecule has 2 amide bonds. The number of aryl methyl sites for hydroxylation is 1. The highest BCUT2D eigenvalue weighted by atomic mass is 32.2. The van der Waals surface area contributed by atoms with Gasteiger partial charge in [-0.05, 0) is 48.9 Å². The van der Waals surface area contributed by atoms with Crippen molar-refractivity contribution in [3.63, 3.8) is 0 Å². The summed E-state index contributed by atoms with van der Waals surface area (Å²) in [6.45, 7) is 1.91. The van der Waals surface area contributed by atoms with E-state index in [1.54, 1.807) is 12.1 Å². The number of benzene rings is 1. The van der Waals surface area contributed by atoms with E-state index >= 15 is 0 Å². The molecule has 148 valence electrons. The van der Waals surface area contributed by atoms with Crippen LogP contribution < -0.4 is 10.6 Å². The molecule has 1 fully saturated rings. The Balaban J connectivity index is 1.67. The molecule has 1 aliphatic heterocycles. The van der Waals surface area contributed by atoms with Gasteiger partial charge in [0.25, 0.3) is 0 Å². The summed E-state index contributed by atoms with van der Waals surface area (Å²) in [7, 11) is -2.36. The van der Waals surface area contributed by atoms with E-state index in [-0.39, 0.29) is 29.3 Å². The molecule has 1 saturated carbocycles. The summed E-state index contributed by atoms with van der Waals surface area (Å²) in [6.07, 6.45) is 5.16. The molecule has 1 heterocycles. The normalized spacial score (nSPS) is 22.9. The molecular formula is C19H27N3O4S. The Labute approximate surface area is 160 Å². The number of rotatable bonds is 5. The van der Waals surface area contributed by atoms with Gasteiger partial charge in [-0.2, -0.15) is 4.31 Å². The van der Waals surface area contributed by atoms with Gasteiger partial charge in [-0.1, -0.05) is 19.8 Å². The van der Waals surface area contributed by atoms with Gasteiger partial charge in [0.15, 0.2) is 0 Å². The molecule has 1 aliphatic carbocycles. The quantitative estimate of drug-likeness (QED) is 0.798. The number of likely N-dealkylation sites (N-methyl/N-ethyl adjacent to an activating group) is 1. The fourth-order valence-corrected chi connectivity index (χ4v) is 4.95. The molecule has 0 unspecified atom stereocenters.